The van der Waals surface area contributed by atoms with Crippen molar-refractivity contribution in [2.45, 2.75) is 29.5 Å². The van der Waals surface area contributed by atoms with Crippen LogP contribution in [0.25, 0.3) is 11.0 Å². The van der Waals surface area contributed by atoms with Crippen molar-refractivity contribution in [2.75, 3.05) is 0 Å². The van der Waals surface area contributed by atoms with Gasteiger partial charge in [0.05, 0.1) is 22.3 Å². The van der Waals surface area contributed by atoms with Crippen molar-refractivity contribution in [2.24, 2.45) is 0 Å². The molecule has 2 unspecified atom stereocenters. The molecule has 0 saturated heterocycles. The van der Waals surface area contributed by atoms with Crippen LogP contribution in [-0.2, 0) is 11.2 Å². The first kappa shape index (κ1) is 14.3. The van der Waals surface area contributed by atoms with Crippen molar-refractivity contribution in [3.05, 3.63) is 59.9 Å². The molecule has 0 radical (unpaired) electrons. The number of H-pyrrole nitrogens is 1. The van der Waals surface area contributed by atoms with Gasteiger partial charge in [-0.25, -0.2) is 4.98 Å². The third kappa shape index (κ3) is 2.72. The summed E-state index contributed by atoms with van der Waals surface area (Å²) in [5, 5.41) is 3.02. The van der Waals surface area contributed by atoms with Gasteiger partial charge in [-0.1, -0.05) is 30.3 Å². The topological polar surface area (TPSA) is 57.8 Å². The number of para-hydroxylation sites is 2. The third-order valence-electron chi connectivity index (χ3n) is 4.12. The van der Waals surface area contributed by atoms with E-state index in [0.717, 1.165) is 23.3 Å². The summed E-state index contributed by atoms with van der Waals surface area (Å²) in [5.41, 5.74) is 3.17. The molecule has 0 fully saturated rings. The zero-order valence-electron chi connectivity index (χ0n) is 12.7. The molecule has 1 aliphatic rings. The second-order valence-corrected chi connectivity index (χ2v) is 7.03. The second kappa shape index (κ2) is 5.74. The Morgan fingerprint density at radius 3 is 2.87 bits per heavy atom. The molecule has 116 valence electrons. The molecule has 1 aromatic heterocycles. The van der Waals surface area contributed by atoms with Crippen LogP contribution in [0.3, 0.4) is 0 Å². The summed E-state index contributed by atoms with van der Waals surface area (Å²) in [6, 6.07) is 16.0. The number of carbonyl (C=O) groups excluding carboxylic acids is 1. The van der Waals surface area contributed by atoms with E-state index in [9.17, 15) is 4.79 Å². The molecular weight excluding hydrogens is 306 g/mol. The number of amides is 1. The Hall–Kier alpha value is -2.27. The molecule has 0 saturated carbocycles. The van der Waals surface area contributed by atoms with Crippen molar-refractivity contribution in [3.63, 3.8) is 0 Å². The van der Waals surface area contributed by atoms with Crippen LogP contribution in [0.5, 0.6) is 0 Å². The lowest BCUT2D eigenvalue weighted by molar-refractivity contribution is -0.121. The van der Waals surface area contributed by atoms with Crippen LogP contribution in [-0.4, -0.2) is 21.1 Å². The fourth-order valence-electron chi connectivity index (χ4n) is 2.88. The van der Waals surface area contributed by atoms with E-state index in [-0.39, 0.29) is 17.2 Å². The van der Waals surface area contributed by atoms with Crippen molar-refractivity contribution in [1.29, 1.82) is 0 Å². The van der Waals surface area contributed by atoms with Gasteiger partial charge in [-0.15, -0.1) is 11.8 Å². The molecule has 2 heterocycles. The Kier molecular flexibility index (Phi) is 3.58. The van der Waals surface area contributed by atoms with E-state index in [1.165, 1.54) is 10.5 Å². The molecule has 1 aliphatic heterocycles. The maximum atomic E-state index is 12.5. The molecule has 5 heteroatoms. The molecule has 4 nitrogen and oxygen atoms in total. The van der Waals surface area contributed by atoms with Crippen LogP contribution in [0.2, 0.25) is 0 Å². The number of carbonyl (C=O) groups is 1. The number of aromatic amines is 1. The molecule has 3 aromatic rings. The zero-order valence-corrected chi connectivity index (χ0v) is 13.6. The van der Waals surface area contributed by atoms with Crippen molar-refractivity contribution in [1.82, 2.24) is 15.3 Å². The fraction of sp³-hybridized carbons (Fsp3) is 0.222. The first-order valence-electron chi connectivity index (χ1n) is 7.70. The van der Waals surface area contributed by atoms with Crippen LogP contribution in [0.4, 0.5) is 0 Å². The van der Waals surface area contributed by atoms with E-state index in [0.29, 0.717) is 0 Å². The summed E-state index contributed by atoms with van der Waals surface area (Å²) in [6.07, 6.45) is 0.791. The quantitative estimate of drug-likeness (QED) is 0.776. The van der Waals surface area contributed by atoms with Gasteiger partial charge in [0.1, 0.15) is 5.82 Å². The average Bonchev–Trinajstić information content (AvgIpc) is 3.18. The first-order valence-corrected chi connectivity index (χ1v) is 8.58. The van der Waals surface area contributed by atoms with Gasteiger partial charge in [0, 0.05) is 4.90 Å². The largest absolute Gasteiger partial charge is 0.345 e. The summed E-state index contributed by atoms with van der Waals surface area (Å²) in [7, 11) is 0. The summed E-state index contributed by atoms with van der Waals surface area (Å²) in [4.78, 5) is 21.6. The van der Waals surface area contributed by atoms with Gasteiger partial charge in [-0.3, -0.25) is 4.79 Å². The number of fused-ring (bicyclic) bond motifs is 2. The number of imidazole rings is 1. The minimum atomic E-state index is -0.140. The van der Waals surface area contributed by atoms with Gasteiger partial charge in [-0.05, 0) is 37.1 Å². The molecule has 2 atom stereocenters. The molecule has 4 rings (SSSR count). The second-order valence-electron chi connectivity index (χ2n) is 5.79. The fourth-order valence-corrected chi connectivity index (χ4v) is 4.09. The predicted octanol–water partition coefficient (Wildman–Crippen LogP) is 3.46. The Labute approximate surface area is 138 Å². The third-order valence-corrected chi connectivity index (χ3v) is 5.43. The Morgan fingerprint density at radius 1 is 1.26 bits per heavy atom. The molecule has 0 aliphatic carbocycles. The average molecular weight is 323 g/mol. The maximum Gasteiger partial charge on any atom is 0.234 e. The number of hydrogen-bond donors (Lipinski definition) is 2. The molecule has 0 bridgehead atoms. The van der Waals surface area contributed by atoms with Gasteiger partial charge in [0.2, 0.25) is 5.91 Å². The predicted molar refractivity (Wildman–Crippen MR) is 92.4 cm³/mol. The number of thioether (sulfide) groups is 1. The lowest BCUT2D eigenvalue weighted by Crippen LogP contribution is -2.34. The minimum Gasteiger partial charge on any atom is -0.345 e. The molecule has 0 spiro atoms. The Balaban J connectivity index is 1.46. The minimum absolute atomic E-state index is 0.0563. The highest BCUT2D eigenvalue weighted by atomic mass is 32.2. The van der Waals surface area contributed by atoms with E-state index in [1.54, 1.807) is 11.8 Å². The maximum absolute atomic E-state index is 12.5. The summed E-state index contributed by atoms with van der Waals surface area (Å²) in [5.74, 6) is 0.860. The number of rotatable bonds is 3. The zero-order chi connectivity index (χ0) is 15.8. The first-order chi connectivity index (χ1) is 11.2. The standard InChI is InChI=1S/C18H17N3OS/c1-11(17-20-13-7-3-4-8-14(13)21-17)19-18(22)16-10-12-6-2-5-9-15(12)23-16/h2-9,11,16H,10H2,1H3,(H,19,22)(H,20,21). The van der Waals surface area contributed by atoms with E-state index in [1.807, 2.05) is 43.3 Å². The molecule has 23 heavy (non-hydrogen) atoms. The smallest absolute Gasteiger partial charge is 0.234 e. The summed E-state index contributed by atoms with van der Waals surface area (Å²) < 4.78 is 0. The van der Waals surface area contributed by atoms with Gasteiger partial charge >= 0.3 is 0 Å². The lowest BCUT2D eigenvalue weighted by Gasteiger charge is -2.14. The number of nitrogens with one attached hydrogen (secondary N) is 2. The van der Waals surface area contributed by atoms with Crippen LogP contribution in [0.15, 0.2) is 53.4 Å². The summed E-state index contributed by atoms with van der Waals surface area (Å²) in [6.45, 7) is 1.96. The van der Waals surface area contributed by atoms with Crippen molar-refractivity contribution in [3.8, 4) is 0 Å². The molecule has 1 amide bonds. The van der Waals surface area contributed by atoms with E-state index in [2.05, 4.69) is 27.4 Å². The van der Waals surface area contributed by atoms with Gasteiger partial charge in [0.25, 0.3) is 0 Å². The highest BCUT2D eigenvalue weighted by Gasteiger charge is 2.29. The SMILES string of the molecule is CC(NC(=O)C1Cc2ccccc2S1)c1nc2ccccc2[nH]1. The van der Waals surface area contributed by atoms with Crippen molar-refractivity contribution < 1.29 is 4.79 Å². The van der Waals surface area contributed by atoms with E-state index >= 15 is 0 Å². The highest BCUT2D eigenvalue weighted by molar-refractivity contribution is 8.01. The molecular formula is C18H17N3OS. The number of hydrogen-bond acceptors (Lipinski definition) is 3. The van der Waals surface area contributed by atoms with Crippen LogP contribution >= 0.6 is 11.8 Å². The van der Waals surface area contributed by atoms with E-state index in [4.69, 9.17) is 0 Å². The molecule has 2 N–H and O–H groups in total. The number of nitrogens with zero attached hydrogens (tertiary/aromatic N) is 1. The van der Waals surface area contributed by atoms with E-state index < -0.39 is 0 Å². The normalized spacial score (nSPS) is 17.9. The van der Waals surface area contributed by atoms with Crippen LogP contribution in [0, 0.1) is 0 Å². The van der Waals surface area contributed by atoms with Gasteiger partial charge in [0.15, 0.2) is 0 Å². The number of aromatic nitrogens is 2. The number of benzene rings is 2. The van der Waals surface area contributed by atoms with Gasteiger partial charge in [-0.2, -0.15) is 0 Å². The van der Waals surface area contributed by atoms with Crippen molar-refractivity contribution >= 4 is 28.7 Å². The monoisotopic (exact) mass is 323 g/mol. The summed E-state index contributed by atoms with van der Waals surface area (Å²) >= 11 is 1.64. The molecule has 2 aromatic carbocycles. The highest BCUT2D eigenvalue weighted by Crippen LogP contribution is 2.37. The van der Waals surface area contributed by atoms with Gasteiger partial charge < -0.3 is 10.3 Å². The van der Waals surface area contributed by atoms with Crippen LogP contribution < -0.4 is 5.32 Å². The Morgan fingerprint density at radius 2 is 2.04 bits per heavy atom. The lowest BCUT2D eigenvalue weighted by atomic mass is 10.1. The van der Waals surface area contributed by atoms with Crippen LogP contribution in [0.1, 0.15) is 24.4 Å². The Bertz CT molecular complexity index is 815.